The van der Waals surface area contributed by atoms with Crippen LogP contribution in [0.4, 0.5) is 0 Å². The molecule has 0 unspecified atom stereocenters. The number of carbonyl (C=O) groups excluding carboxylic acids is 1. The van der Waals surface area contributed by atoms with E-state index in [9.17, 15) is 14.4 Å². The lowest BCUT2D eigenvalue weighted by molar-refractivity contribution is -0.133. The zero-order chi connectivity index (χ0) is 21.4. The molecule has 0 radical (unpaired) electrons. The van der Waals surface area contributed by atoms with E-state index >= 15 is 0 Å². The fourth-order valence-corrected chi connectivity index (χ4v) is 1.01. The van der Waals surface area contributed by atoms with E-state index in [1.54, 1.807) is 0 Å². The van der Waals surface area contributed by atoms with Crippen molar-refractivity contribution in [1.29, 1.82) is 0 Å². The van der Waals surface area contributed by atoms with Crippen molar-refractivity contribution in [3.63, 3.8) is 0 Å². The van der Waals surface area contributed by atoms with Gasteiger partial charge in [-0.15, -0.1) is 0 Å². The van der Waals surface area contributed by atoms with Crippen molar-refractivity contribution in [3.05, 3.63) is 24.3 Å². The number of aliphatic hydroxyl groups is 2. The van der Waals surface area contributed by atoms with Gasteiger partial charge in [0.25, 0.3) is 0 Å². The highest BCUT2D eigenvalue weighted by molar-refractivity contribution is 5.85. The van der Waals surface area contributed by atoms with Gasteiger partial charge in [-0.05, 0) is 20.3 Å². The average Bonchev–Trinajstić information content (AvgIpc) is 2.59. The molecular weight excluding hydrogens is 340 g/mol. The lowest BCUT2D eigenvalue weighted by Crippen LogP contribution is -1.92. The molecule has 7 heteroatoms. The van der Waals surface area contributed by atoms with Crippen molar-refractivity contribution in [2.75, 3.05) is 13.2 Å². The Bertz CT molecular complexity index is 326. The van der Waals surface area contributed by atoms with Gasteiger partial charge in [-0.3, -0.25) is 0 Å². The summed E-state index contributed by atoms with van der Waals surface area (Å²) < 4.78 is 0. The topological polar surface area (TPSA) is 132 Å². The van der Waals surface area contributed by atoms with Crippen molar-refractivity contribution < 1.29 is 34.8 Å². The summed E-state index contributed by atoms with van der Waals surface area (Å²) in [5.74, 6) is -1.87. The van der Waals surface area contributed by atoms with Crippen molar-refractivity contribution in [1.82, 2.24) is 0 Å². The van der Waals surface area contributed by atoms with E-state index in [1.165, 1.54) is 46.0 Å². The maximum absolute atomic E-state index is 9.89. The Labute approximate surface area is 157 Å². The first kappa shape index (κ1) is 31.7. The van der Waals surface area contributed by atoms with Crippen LogP contribution in [0.15, 0.2) is 24.3 Å². The Kier molecular flexibility index (Phi) is 34.0. The summed E-state index contributed by atoms with van der Waals surface area (Å²) in [5.41, 5.74) is 0.352. The smallest absolute Gasteiger partial charge is 0.330 e. The summed E-state index contributed by atoms with van der Waals surface area (Å²) in [6.07, 6.45) is 9.39. The fraction of sp³-hybridized carbons (Fsp3) is 0.632. The van der Waals surface area contributed by atoms with Crippen LogP contribution in [0.2, 0.25) is 0 Å². The highest BCUT2D eigenvalue weighted by atomic mass is 16.4. The number of unbranched alkanes of at least 4 members (excludes halogenated alkanes) is 6. The largest absolute Gasteiger partial charge is 0.478 e. The molecule has 0 amide bonds. The molecule has 26 heavy (non-hydrogen) atoms. The molecule has 0 rings (SSSR count). The normalized spacial score (nSPS) is 8.35. The predicted molar refractivity (Wildman–Crippen MR) is 103 cm³/mol. The van der Waals surface area contributed by atoms with E-state index in [-0.39, 0.29) is 24.4 Å². The average molecular weight is 376 g/mol. The van der Waals surface area contributed by atoms with Crippen LogP contribution in [0, 0.1) is 0 Å². The van der Waals surface area contributed by atoms with Gasteiger partial charge in [-0.1, -0.05) is 52.2 Å². The molecule has 0 aromatic heterocycles. The molecule has 0 aliphatic rings. The van der Waals surface area contributed by atoms with E-state index in [4.69, 9.17) is 20.4 Å². The summed E-state index contributed by atoms with van der Waals surface area (Å²) in [5, 5.41) is 31.0. The van der Waals surface area contributed by atoms with Gasteiger partial charge in [0.2, 0.25) is 0 Å². The third kappa shape index (κ3) is 49.5. The van der Waals surface area contributed by atoms with Crippen LogP contribution < -0.4 is 0 Å². The minimum Gasteiger partial charge on any atom is -0.478 e. The van der Waals surface area contributed by atoms with Crippen molar-refractivity contribution in [2.24, 2.45) is 0 Å². The molecule has 0 saturated heterocycles. The number of hydrogen-bond acceptors (Lipinski definition) is 5. The Hall–Kier alpha value is -1.99. The molecule has 0 aliphatic heterocycles. The van der Waals surface area contributed by atoms with Gasteiger partial charge in [-0.25, -0.2) is 9.59 Å². The van der Waals surface area contributed by atoms with E-state index in [0.717, 1.165) is 19.1 Å². The number of aliphatic hydroxyl groups excluding tert-OH is 2. The highest BCUT2D eigenvalue weighted by Crippen LogP contribution is 2.05. The first-order valence-electron chi connectivity index (χ1n) is 8.55. The molecule has 0 saturated carbocycles. The van der Waals surface area contributed by atoms with Gasteiger partial charge in [0.1, 0.15) is 6.29 Å². The molecule has 4 N–H and O–H groups in total. The van der Waals surface area contributed by atoms with Crippen LogP contribution in [0.5, 0.6) is 0 Å². The zero-order valence-electron chi connectivity index (χ0n) is 16.4. The van der Waals surface area contributed by atoms with Gasteiger partial charge in [0.05, 0.1) is 13.2 Å². The molecule has 0 aromatic carbocycles. The van der Waals surface area contributed by atoms with Crippen LogP contribution >= 0.6 is 0 Å². The molecule has 0 bridgehead atoms. The quantitative estimate of drug-likeness (QED) is 0.261. The molecule has 0 aliphatic carbocycles. The van der Waals surface area contributed by atoms with E-state index in [1.807, 2.05) is 0 Å². The number of carboxylic acid groups (broad SMARTS) is 2. The highest BCUT2D eigenvalue weighted by Gasteiger charge is 1.91. The maximum atomic E-state index is 9.89. The Morgan fingerprint density at radius 3 is 1.35 bits per heavy atom. The molecule has 0 atom stereocenters. The van der Waals surface area contributed by atoms with Crippen LogP contribution in [-0.2, 0) is 14.4 Å². The SMILES string of the molecule is C=C(C)C(=O)O.C=C(C)C(=O)O.CCCCCCCCC=O.OCCO. The molecule has 7 nitrogen and oxygen atoms in total. The van der Waals surface area contributed by atoms with E-state index < -0.39 is 11.9 Å². The summed E-state index contributed by atoms with van der Waals surface area (Å²) >= 11 is 0. The van der Waals surface area contributed by atoms with Crippen LogP contribution in [-0.4, -0.2) is 51.9 Å². The van der Waals surface area contributed by atoms with Gasteiger partial charge in [0, 0.05) is 17.6 Å². The van der Waals surface area contributed by atoms with E-state index in [0.29, 0.717) is 0 Å². The second-order valence-electron chi connectivity index (χ2n) is 5.34. The van der Waals surface area contributed by atoms with Gasteiger partial charge in [0.15, 0.2) is 0 Å². The fourth-order valence-electron chi connectivity index (χ4n) is 1.01. The summed E-state index contributed by atoms with van der Waals surface area (Å²) in [4.78, 5) is 29.1. The standard InChI is InChI=1S/C9H18O.2C4H6O2.C2H6O2/c1-2-3-4-5-6-7-8-9-10;2*1-3(2)4(5)6;3-1-2-4/h9H,2-8H2,1H3;2*1H2,2H3,(H,5,6);3-4H,1-2H2. The third-order valence-electron chi connectivity index (χ3n) is 2.51. The Balaban J connectivity index is -0.000000132. The lowest BCUT2D eigenvalue weighted by atomic mass is 10.1. The molecule has 154 valence electrons. The number of carbonyl (C=O) groups is 3. The molecular formula is C19H36O7. The van der Waals surface area contributed by atoms with Crippen LogP contribution in [0.1, 0.15) is 65.7 Å². The van der Waals surface area contributed by atoms with E-state index in [2.05, 4.69) is 20.1 Å². The third-order valence-corrected chi connectivity index (χ3v) is 2.51. The molecule has 0 spiro atoms. The number of rotatable bonds is 10. The second-order valence-corrected chi connectivity index (χ2v) is 5.34. The molecule has 0 aromatic rings. The zero-order valence-corrected chi connectivity index (χ0v) is 16.4. The van der Waals surface area contributed by atoms with Gasteiger partial charge >= 0.3 is 11.9 Å². The summed E-state index contributed by atoms with van der Waals surface area (Å²) in [6.45, 7) is 11.2. The van der Waals surface area contributed by atoms with Gasteiger partial charge in [-0.2, -0.15) is 0 Å². The lowest BCUT2D eigenvalue weighted by Gasteiger charge is -1.95. The first-order chi connectivity index (χ1) is 12.1. The second kappa shape index (κ2) is 27.8. The summed E-state index contributed by atoms with van der Waals surface area (Å²) in [6, 6.07) is 0. The summed E-state index contributed by atoms with van der Waals surface area (Å²) in [7, 11) is 0. The monoisotopic (exact) mass is 376 g/mol. The number of aliphatic carboxylic acids is 2. The molecule has 0 heterocycles. The van der Waals surface area contributed by atoms with Crippen molar-refractivity contribution in [3.8, 4) is 0 Å². The van der Waals surface area contributed by atoms with Crippen molar-refractivity contribution in [2.45, 2.75) is 65.7 Å². The molecule has 0 fully saturated rings. The minimum absolute atomic E-state index is 0.125. The Morgan fingerprint density at radius 1 is 0.808 bits per heavy atom. The minimum atomic E-state index is -0.935. The Morgan fingerprint density at radius 2 is 1.12 bits per heavy atom. The van der Waals surface area contributed by atoms with Gasteiger partial charge < -0.3 is 25.2 Å². The first-order valence-corrected chi connectivity index (χ1v) is 8.55. The van der Waals surface area contributed by atoms with Crippen molar-refractivity contribution >= 4 is 18.2 Å². The maximum Gasteiger partial charge on any atom is 0.330 e. The number of aldehydes is 1. The van der Waals surface area contributed by atoms with Crippen LogP contribution in [0.3, 0.4) is 0 Å². The number of hydrogen-bond donors (Lipinski definition) is 4. The van der Waals surface area contributed by atoms with Crippen LogP contribution in [0.25, 0.3) is 0 Å². The predicted octanol–water partition coefficient (Wildman–Crippen LogP) is 3.20. The number of carboxylic acids is 2.